The molecule has 1 saturated heterocycles. The molecule has 1 unspecified atom stereocenters. The van der Waals surface area contributed by atoms with E-state index in [-0.39, 0.29) is 5.78 Å². The molecule has 1 heterocycles. The molecule has 1 N–H and O–H groups in total. The lowest BCUT2D eigenvalue weighted by molar-refractivity contribution is 0.0952. The smallest absolute Gasteiger partial charge is 0.164 e. The molecule has 1 aromatic rings. The van der Waals surface area contributed by atoms with Gasteiger partial charge in [0.15, 0.2) is 5.78 Å². The number of benzene rings is 1. The summed E-state index contributed by atoms with van der Waals surface area (Å²) in [5.41, 5.74) is 2.12. The lowest BCUT2D eigenvalue weighted by atomic mass is 10.0. The highest BCUT2D eigenvalue weighted by Gasteiger charge is 2.19. The van der Waals surface area contributed by atoms with Gasteiger partial charge in [0.05, 0.1) is 0 Å². The van der Waals surface area contributed by atoms with Crippen LogP contribution in [0.15, 0.2) is 24.3 Å². The van der Waals surface area contributed by atoms with Gasteiger partial charge in [0, 0.05) is 37.7 Å². The highest BCUT2D eigenvalue weighted by molar-refractivity contribution is 5.96. The van der Waals surface area contributed by atoms with E-state index in [0.29, 0.717) is 12.5 Å². The fourth-order valence-electron chi connectivity index (χ4n) is 2.40. The number of nitrogens with one attached hydrogen (secondary N) is 1. The van der Waals surface area contributed by atoms with Crippen molar-refractivity contribution >= 4 is 5.78 Å². The van der Waals surface area contributed by atoms with Crippen molar-refractivity contribution in [2.75, 3.05) is 26.7 Å². The van der Waals surface area contributed by atoms with Crippen LogP contribution in [0.3, 0.4) is 0 Å². The Balaban J connectivity index is 1.94. The molecule has 0 spiro atoms. The van der Waals surface area contributed by atoms with Gasteiger partial charge in [-0.25, -0.2) is 0 Å². The van der Waals surface area contributed by atoms with Crippen molar-refractivity contribution in [2.45, 2.75) is 25.8 Å². The minimum absolute atomic E-state index is 0.241. The lowest BCUT2D eigenvalue weighted by Gasteiger charge is -2.30. The summed E-state index contributed by atoms with van der Waals surface area (Å²) in [6.07, 6.45) is 1.61. The first kappa shape index (κ1) is 13.2. The lowest BCUT2D eigenvalue weighted by Crippen LogP contribution is -2.49. The average Bonchev–Trinajstić information content (AvgIpc) is 2.39. The second kappa shape index (κ2) is 6.12. The van der Waals surface area contributed by atoms with E-state index in [1.807, 2.05) is 24.3 Å². The Morgan fingerprint density at radius 2 is 2.11 bits per heavy atom. The van der Waals surface area contributed by atoms with Gasteiger partial charge in [-0.3, -0.25) is 4.79 Å². The summed E-state index contributed by atoms with van der Waals surface area (Å²) in [4.78, 5) is 14.4. The van der Waals surface area contributed by atoms with Crippen LogP contribution in [-0.2, 0) is 6.42 Å². The van der Waals surface area contributed by atoms with Crippen LogP contribution in [0.5, 0.6) is 0 Å². The van der Waals surface area contributed by atoms with Crippen LogP contribution in [0, 0.1) is 0 Å². The molecular weight excluding hydrogens is 224 g/mol. The Kier molecular flexibility index (Phi) is 4.50. The van der Waals surface area contributed by atoms with Crippen LogP contribution in [0.2, 0.25) is 0 Å². The topological polar surface area (TPSA) is 32.3 Å². The van der Waals surface area contributed by atoms with Crippen molar-refractivity contribution in [3.63, 3.8) is 0 Å². The van der Waals surface area contributed by atoms with Crippen molar-refractivity contribution in [3.05, 3.63) is 35.4 Å². The van der Waals surface area contributed by atoms with Crippen LogP contribution < -0.4 is 5.32 Å². The van der Waals surface area contributed by atoms with Gasteiger partial charge >= 0.3 is 0 Å². The van der Waals surface area contributed by atoms with Gasteiger partial charge < -0.3 is 10.2 Å². The normalized spacial score (nSPS) is 20.9. The van der Waals surface area contributed by atoms with Gasteiger partial charge in [0.25, 0.3) is 0 Å². The van der Waals surface area contributed by atoms with E-state index in [1.165, 1.54) is 5.56 Å². The quantitative estimate of drug-likeness (QED) is 0.821. The number of ketones is 1. The third-order valence-electron chi connectivity index (χ3n) is 3.57. The molecule has 98 valence electrons. The highest BCUT2D eigenvalue weighted by atomic mass is 16.1. The second-order valence-corrected chi connectivity index (χ2v) is 5.09. The van der Waals surface area contributed by atoms with Crippen molar-refractivity contribution in [3.8, 4) is 0 Å². The van der Waals surface area contributed by atoms with Gasteiger partial charge in [-0.2, -0.15) is 0 Å². The van der Waals surface area contributed by atoms with Crippen LogP contribution in [0.1, 0.15) is 29.3 Å². The number of hydrogen-bond acceptors (Lipinski definition) is 3. The van der Waals surface area contributed by atoms with E-state index >= 15 is 0 Å². The number of Topliss-reactive ketones (excluding diaryl/α,β-unsaturated/α-hetero) is 1. The molecule has 1 atom stereocenters. The number of nitrogens with zero attached hydrogens (tertiary/aromatic N) is 1. The Hall–Kier alpha value is -1.19. The summed E-state index contributed by atoms with van der Waals surface area (Å²) in [6.45, 7) is 5.12. The van der Waals surface area contributed by atoms with Gasteiger partial charge in [-0.05, 0) is 19.0 Å². The molecule has 0 aliphatic carbocycles. The maximum absolute atomic E-state index is 12.2. The number of rotatable bonds is 4. The Labute approximate surface area is 109 Å². The van der Waals surface area contributed by atoms with Gasteiger partial charge in [0.1, 0.15) is 0 Å². The molecule has 2 rings (SSSR count). The minimum atomic E-state index is 0.241. The van der Waals surface area contributed by atoms with E-state index < -0.39 is 0 Å². The Bertz CT molecular complexity index is 399. The SMILES string of the molecule is CCc1ccc(C(=O)CC2CN(C)CCN2)cc1. The Morgan fingerprint density at radius 1 is 1.39 bits per heavy atom. The highest BCUT2D eigenvalue weighted by Crippen LogP contribution is 2.10. The molecule has 18 heavy (non-hydrogen) atoms. The first-order valence-electron chi connectivity index (χ1n) is 6.73. The molecule has 1 aliphatic heterocycles. The van der Waals surface area contributed by atoms with Crippen molar-refractivity contribution < 1.29 is 4.79 Å². The number of piperazine rings is 1. The largest absolute Gasteiger partial charge is 0.311 e. The van der Waals surface area contributed by atoms with Crippen LogP contribution in [0.25, 0.3) is 0 Å². The molecular formula is C15H22N2O. The molecule has 1 aromatic carbocycles. The third-order valence-corrected chi connectivity index (χ3v) is 3.57. The maximum Gasteiger partial charge on any atom is 0.164 e. The zero-order chi connectivity index (χ0) is 13.0. The Morgan fingerprint density at radius 3 is 2.72 bits per heavy atom. The molecule has 0 aromatic heterocycles. The average molecular weight is 246 g/mol. The third kappa shape index (κ3) is 3.40. The van der Waals surface area contributed by atoms with E-state index in [4.69, 9.17) is 0 Å². The van der Waals surface area contributed by atoms with Gasteiger partial charge in [0.2, 0.25) is 0 Å². The minimum Gasteiger partial charge on any atom is -0.311 e. The van der Waals surface area contributed by atoms with Gasteiger partial charge in [-0.1, -0.05) is 31.2 Å². The molecule has 0 radical (unpaired) electrons. The van der Waals surface area contributed by atoms with Crippen molar-refractivity contribution in [1.82, 2.24) is 10.2 Å². The fraction of sp³-hybridized carbons (Fsp3) is 0.533. The number of carbonyl (C=O) groups is 1. The summed E-state index contributed by atoms with van der Waals surface area (Å²) >= 11 is 0. The molecule has 1 fully saturated rings. The zero-order valence-corrected chi connectivity index (χ0v) is 11.3. The molecule has 0 bridgehead atoms. The first-order valence-corrected chi connectivity index (χ1v) is 6.73. The van der Waals surface area contributed by atoms with Gasteiger partial charge in [-0.15, -0.1) is 0 Å². The number of carbonyl (C=O) groups excluding carboxylic acids is 1. The summed E-state index contributed by atoms with van der Waals surface area (Å²) in [5.74, 6) is 0.241. The second-order valence-electron chi connectivity index (χ2n) is 5.09. The molecule has 3 nitrogen and oxygen atoms in total. The van der Waals surface area contributed by atoms with Crippen molar-refractivity contribution in [1.29, 1.82) is 0 Å². The summed E-state index contributed by atoms with van der Waals surface area (Å²) in [7, 11) is 2.11. The monoisotopic (exact) mass is 246 g/mol. The molecule has 0 amide bonds. The predicted molar refractivity (Wildman–Crippen MR) is 74.1 cm³/mol. The summed E-state index contributed by atoms with van der Waals surface area (Å²) in [6, 6.07) is 8.30. The first-order chi connectivity index (χ1) is 8.69. The van der Waals surface area contributed by atoms with Crippen LogP contribution in [0.4, 0.5) is 0 Å². The van der Waals surface area contributed by atoms with E-state index in [9.17, 15) is 4.79 Å². The summed E-state index contributed by atoms with van der Waals surface area (Å²) < 4.78 is 0. The number of aryl methyl sites for hydroxylation is 1. The van der Waals surface area contributed by atoms with Crippen molar-refractivity contribution in [2.24, 2.45) is 0 Å². The molecule has 0 saturated carbocycles. The van der Waals surface area contributed by atoms with Crippen LogP contribution >= 0.6 is 0 Å². The zero-order valence-electron chi connectivity index (χ0n) is 11.3. The van der Waals surface area contributed by atoms with E-state index in [0.717, 1.165) is 31.6 Å². The molecule has 3 heteroatoms. The standard InChI is InChI=1S/C15H22N2O/c1-3-12-4-6-13(7-5-12)15(18)10-14-11-17(2)9-8-16-14/h4-7,14,16H,3,8-11H2,1-2H3. The van der Waals surface area contributed by atoms with E-state index in [1.54, 1.807) is 0 Å². The maximum atomic E-state index is 12.2. The number of hydrogen-bond donors (Lipinski definition) is 1. The van der Waals surface area contributed by atoms with Crippen LogP contribution in [-0.4, -0.2) is 43.4 Å². The summed E-state index contributed by atoms with van der Waals surface area (Å²) in [5, 5.41) is 3.41. The number of likely N-dealkylation sites (N-methyl/N-ethyl adjacent to an activating group) is 1. The fourth-order valence-corrected chi connectivity index (χ4v) is 2.40. The molecule has 1 aliphatic rings. The van der Waals surface area contributed by atoms with E-state index in [2.05, 4.69) is 24.2 Å². The predicted octanol–water partition coefficient (Wildman–Crippen LogP) is 1.73.